The van der Waals surface area contributed by atoms with Gasteiger partial charge in [-0.25, -0.2) is 4.99 Å². The van der Waals surface area contributed by atoms with E-state index in [0.29, 0.717) is 0 Å². The van der Waals surface area contributed by atoms with Crippen LogP contribution in [-0.4, -0.2) is 24.7 Å². The molecular formula is C17H19NOS2. The van der Waals surface area contributed by atoms with E-state index in [2.05, 4.69) is 36.8 Å². The fourth-order valence-electron chi connectivity index (χ4n) is 2.00. The third-order valence-electron chi connectivity index (χ3n) is 3.08. The zero-order valence-electron chi connectivity index (χ0n) is 12.4. The van der Waals surface area contributed by atoms with Gasteiger partial charge in [-0.1, -0.05) is 30.3 Å². The first kappa shape index (κ1) is 16.0. The molecule has 110 valence electrons. The van der Waals surface area contributed by atoms with E-state index in [-0.39, 0.29) is 5.25 Å². The molecule has 21 heavy (non-hydrogen) atoms. The van der Waals surface area contributed by atoms with Gasteiger partial charge >= 0.3 is 0 Å². The highest BCUT2D eigenvalue weighted by Crippen LogP contribution is 2.33. The molecule has 0 aromatic heterocycles. The maximum atomic E-state index is 5.18. The van der Waals surface area contributed by atoms with E-state index in [1.165, 1.54) is 5.56 Å². The van der Waals surface area contributed by atoms with Crippen molar-refractivity contribution in [3.8, 4) is 5.75 Å². The minimum Gasteiger partial charge on any atom is -0.497 e. The van der Waals surface area contributed by atoms with Crippen molar-refractivity contribution in [1.29, 1.82) is 0 Å². The number of aliphatic imine (C=N–C) groups is 1. The highest BCUT2D eigenvalue weighted by Gasteiger charge is 2.16. The molecule has 4 heteroatoms. The third kappa shape index (κ3) is 4.29. The van der Waals surface area contributed by atoms with E-state index in [4.69, 9.17) is 9.73 Å². The second kappa shape index (κ2) is 8.15. The first-order valence-electron chi connectivity index (χ1n) is 6.63. The highest BCUT2D eigenvalue weighted by atomic mass is 32.2. The van der Waals surface area contributed by atoms with Gasteiger partial charge in [-0.05, 0) is 42.3 Å². The summed E-state index contributed by atoms with van der Waals surface area (Å²) in [6.07, 6.45) is 4.20. The summed E-state index contributed by atoms with van der Waals surface area (Å²) >= 11 is 3.51. The van der Waals surface area contributed by atoms with Gasteiger partial charge in [-0.3, -0.25) is 0 Å². The Morgan fingerprint density at radius 3 is 2.19 bits per heavy atom. The predicted octanol–water partition coefficient (Wildman–Crippen LogP) is 5.19. The maximum absolute atomic E-state index is 5.18. The molecular weight excluding hydrogens is 298 g/mol. The van der Waals surface area contributed by atoms with Crippen LogP contribution >= 0.6 is 23.5 Å². The van der Waals surface area contributed by atoms with Gasteiger partial charge in [0.1, 0.15) is 5.75 Å². The van der Waals surface area contributed by atoms with Crippen LogP contribution in [0.2, 0.25) is 0 Å². The van der Waals surface area contributed by atoms with Crippen LogP contribution in [0, 0.1) is 0 Å². The van der Waals surface area contributed by atoms with Crippen LogP contribution in [0.5, 0.6) is 5.75 Å². The molecule has 0 aliphatic heterocycles. The van der Waals surface area contributed by atoms with Crippen molar-refractivity contribution in [2.24, 2.45) is 4.99 Å². The molecule has 2 rings (SSSR count). The smallest absolute Gasteiger partial charge is 0.119 e. The molecule has 0 bridgehead atoms. The van der Waals surface area contributed by atoms with Crippen molar-refractivity contribution >= 4 is 34.3 Å². The molecule has 0 radical (unpaired) electrons. The van der Waals surface area contributed by atoms with Crippen LogP contribution in [0.1, 0.15) is 10.8 Å². The third-order valence-corrected chi connectivity index (χ3v) is 4.94. The average Bonchev–Trinajstić information content (AvgIpc) is 2.56. The fourth-order valence-corrected chi connectivity index (χ4v) is 3.81. The van der Waals surface area contributed by atoms with E-state index in [1.807, 2.05) is 30.3 Å². The average molecular weight is 317 g/mol. The second-order valence-electron chi connectivity index (χ2n) is 4.38. The second-order valence-corrected chi connectivity index (χ2v) is 6.15. The molecule has 0 heterocycles. The fraction of sp³-hybridized carbons (Fsp3) is 0.235. The van der Waals surface area contributed by atoms with Gasteiger partial charge in [0, 0.05) is 0 Å². The molecule has 0 saturated carbocycles. The molecule has 2 aromatic carbocycles. The Bertz CT molecular complexity index is 581. The van der Waals surface area contributed by atoms with Gasteiger partial charge in [0.2, 0.25) is 0 Å². The Morgan fingerprint density at radius 2 is 1.67 bits per heavy atom. The Balaban J connectivity index is 2.29. The lowest BCUT2D eigenvalue weighted by molar-refractivity contribution is 0.415. The molecule has 0 spiro atoms. The number of nitrogens with zero attached hydrogens (tertiary/aromatic N) is 1. The monoisotopic (exact) mass is 317 g/mol. The quantitative estimate of drug-likeness (QED) is 0.559. The van der Waals surface area contributed by atoms with Crippen LogP contribution in [0.4, 0.5) is 5.69 Å². The highest BCUT2D eigenvalue weighted by molar-refractivity contribution is 8.15. The number of thioether (sulfide) groups is 2. The lowest BCUT2D eigenvalue weighted by atomic mass is 10.1. The largest absolute Gasteiger partial charge is 0.497 e. The topological polar surface area (TPSA) is 21.6 Å². The van der Waals surface area contributed by atoms with Gasteiger partial charge in [0.15, 0.2) is 0 Å². The molecule has 0 amide bonds. The summed E-state index contributed by atoms with van der Waals surface area (Å²) < 4.78 is 5.18. The van der Waals surface area contributed by atoms with E-state index < -0.39 is 0 Å². The van der Waals surface area contributed by atoms with Crippen LogP contribution in [0.15, 0.2) is 59.6 Å². The SMILES string of the molecule is COc1ccc(N=C(SC)C(SC)c2ccccc2)cc1. The molecule has 2 nitrogen and oxygen atoms in total. The summed E-state index contributed by atoms with van der Waals surface area (Å²) in [7, 11) is 1.67. The van der Waals surface area contributed by atoms with Crippen molar-refractivity contribution in [1.82, 2.24) is 0 Å². The molecule has 2 aromatic rings. The molecule has 1 atom stereocenters. The standard InChI is InChI=1S/C17H19NOS2/c1-19-15-11-9-14(10-12-15)18-17(21-3)16(20-2)13-7-5-4-6-8-13/h4-12,16H,1-3H3. The molecule has 0 aliphatic carbocycles. The van der Waals surface area contributed by atoms with Crippen molar-refractivity contribution in [2.45, 2.75) is 5.25 Å². The Morgan fingerprint density at radius 1 is 1.00 bits per heavy atom. The Kier molecular flexibility index (Phi) is 6.21. The zero-order valence-corrected chi connectivity index (χ0v) is 14.1. The van der Waals surface area contributed by atoms with E-state index in [0.717, 1.165) is 16.5 Å². The lowest BCUT2D eigenvalue weighted by Gasteiger charge is -2.16. The summed E-state index contributed by atoms with van der Waals surface area (Å²) in [6.45, 7) is 0. The van der Waals surface area contributed by atoms with Crippen LogP contribution in [-0.2, 0) is 0 Å². The van der Waals surface area contributed by atoms with Crippen LogP contribution in [0.25, 0.3) is 0 Å². The minimum atomic E-state index is 0.267. The number of benzene rings is 2. The summed E-state index contributed by atoms with van der Waals surface area (Å²) in [4.78, 5) is 4.80. The minimum absolute atomic E-state index is 0.267. The van der Waals surface area contributed by atoms with Crippen molar-refractivity contribution in [3.05, 3.63) is 60.2 Å². The number of methoxy groups -OCH3 is 1. The molecule has 1 unspecified atom stereocenters. The summed E-state index contributed by atoms with van der Waals surface area (Å²) in [6, 6.07) is 18.3. The summed E-state index contributed by atoms with van der Waals surface area (Å²) in [5.41, 5.74) is 2.24. The number of hydrogen-bond donors (Lipinski definition) is 0. The van der Waals surface area contributed by atoms with Crippen molar-refractivity contribution in [3.63, 3.8) is 0 Å². The molecule has 0 aliphatic rings. The summed E-state index contributed by atoms with van der Waals surface area (Å²) in [5.74, 6) is 0.851. The lowest BCUT2D eigenvalue weighted by Crippen LogP contribution is -2.04. The number of ether oxygens (including phenoxy) is 1. The number of hydrogen-bond acceptors (Lipinski definition) is 4. The van der Waals surface area contributed by atoms with E-state index >= 15 is 0 Å². The van der Waals surface area contributed by atoms with Gasteiger partial charge < -0.3 is 4.74 Å². The van der Waals surface area contributed by atoms with Gasteiger partial charge in [0.05, 0.1) is 23.1 Å². The first-order chi connectivity index (χ1) is 10.3. The maximum Gasteiger partial charge on any atom is 0.119 e. The molecule has 0 fully saturated rings. The van der Waals surface area contributed by atoms with E-state index in [9.17, 15) is 0 Å². The number of rotatable bonds is 5. The Labute approximate surface area is 135 Å². The van der Waals surface area contributed by atoms with Crippen molar-refractivity contribution in [2.75, 3.05) is 19.6 Å². The summed E-state index contributed by atoms with van der Waals surface area (Å²) in [5, 5.41) is 1.38. The van der Waals surface area contributed by atoms with E-state index in [1.54, 1.807) is 30.6 Å². The molecule has 0 saturated heterocycles. The normalized spacial score (nSPS) is 13.0. The Hall–Kier alpha value is -1.39. The van der Waals surface area contributed by atoms with Gasteiger partial charge in [0.25, 0.3) is 0 Å². The first-order valence-corrected chi connectivity index (χ1v) is 9.14. The van der Waals surface area contributed by atoms with Crippen molar-refractivity contribution < 1.29 is 4.74 Å². The predicted molar refractivity (Wildman–Crippen MR) is 96.3 cm³/mol. The van der Waals surface area contributed by atoms with Gasteiger partial charge in [-0.15, -0.1) is 11.8 Å². The van der Waals surface area contributed by atoms with Crippen LogP contribution in [0.3, 0.4) is 0 Å². The molecule has 0 N–H and O–H groups in total. The van der Waals surface area contributed by atoms with Crippen LogP contribution < -0.4 is 4.74 Å². The zero-order chi connectivity index (χ0) is 15.1. The van der Waals surface area contributed by atoms with Gasteiger partial charge in [-0.2, -0.15) is 11.8 Å².